The van der Waals surface area contributed by atoms with E-state index in [-0.39, 0.29) is 17.3 Å². The quantitative estimate of drug-likeness (QED) is 0.648. The first-order chi connectivity index (χ1) is 14.5. The molecule has 4 rings (SSSR count). The van der Waals surface area contributed by atoms with Crippen LogP contribution in [0, 0.1) is 18.7 Å². The summed E-state index contributed by atoms with van der Waals surface area (Å²) in [7, 11) is 0. The summed E-state index contributed by atoms with van der Waals surface area (Å²) in [5.74, 6) is 0.869. The van der Waals surface area contributed by atoms with Crippen LogP contribution in [0.1, 0.15) is 30.7 Å². The summed E-state index contributed by atoms with van der Waals surface area (Å²) in [5, 5.41) is 0.642. The molecule has 1 aliphatic rings. The lowest BCUT2D eigenvalue weighted by Gasteiger charge is -2.32. The number of carbonyl (C=O) groups excluding carboxylic acids is 1. The minimum Gasteiger partial charge on any atom is -0.343 e. The largest absolute Gasteiger partial charge is 0.343 e. The Kier molecular flexibility index (Phi) is 5.93. The first-order valence-corrected chi connectivity index (χ1v) is 10.5. The molecule has 0 atom stereocenters. The number of piperidine rings is 1. The van der Waals surface area contributed by atoms with Crippen molar-refractivity contribution in [3.05, 3.63) is 76.1 Å². The number of benzene rings is 2. The Morgan fingerprint density at radius 2 is 1.80 bits per heavy atom. The average Bonchev–Trinajstić information content (AvgIpc) is 2.76. The van der Waals surface area contributed by atoms with E-state index in [0.29, 0.717) is 49.3 Å². The number of fused-ring (bicyclic) bond motifs is 1. The summed E-state index contributed by atoms with van der Waals surface area (Å²) < 4.78 is 15.5. The Balaban J connectivity index is 1.35. The van der Waals surface area contributed by atoms with Gasteiger partial charge in [-0.2, -0.15) is 0 Å². The summed E-state index contributed by atoms with van der Waals surface area (Å²) in [6, 6.07) is 14.0. The molecule has 0 saturated carbocycles. The Morgan fingerprint density at radius 3 is 2.57 bits per heavy atom. The monoisotopic (exact) mass is 407 g/mol. The van der Waals surface area contributed by atoms with E-state index in [1.165, 1.54) is 6.07 Å². The van der Waals surface area contributed by atoms with Crippen LogP contribution in [0.5, 0.6) is 0 Å². The van der Waals surface area contributed by atoms with Crippen molar-refractivity contribution < 1.29 is 9.18 Å². The lowest BCUT2D eigenvalue weighted by molar-refractivity contribution is -0.132. The molecule has 2 heterocycles. The van der Waals surface area contributed by atoms with Gasteiger partial charge < -0.3 is 4.90 Å². The Labute approximate surface area is 175 Å². The van der Waals surface area contributed by atoms with Gasteiger partial charge in [0.1, 0.15) is 11.6 Å². The Morgan fingerprint density at radius 1 is 1.10 bits per heavy atom. The molecule has 5 nitrogen and oxygen atoms in total. The summed E-state index contributed by atoms with van der Waals surface area (Å²) in [4.78, 5) is 31.9. The number of carbonyl (C=O) groups is 1. The van der Waals surface area contributed by atoms with Crippen molar-refractivity contribution in [1.82, 2.24) is 14.5 Å². The van der Waals surface area contributed by atoms with E-state index in [9.17, 15) is 14.0 Å². The van der Waals surface area contributed by atoms with E-state index in [2.05, 4.69) is 4.98 Å². The molecule has 1 amide bonds. The van der Waals surface area contributed by atoms with E-state index in [1.54, 1.807) is 22.8 Å². The molecule has 0 unspecified atom stereocenters. The Bertz CT molecular complexity index is 1120. The zero-order valence-corrected chi connectivity index (χ0v) is 17.2. The molecule has 0 spiro atoms. The molecule has 1 aromatic heterocycles. The molecular formula is C24H26FN3O2. The predicted octanol–water partition coefficient (Wildman–Crippen LogP) is 3.72. The highest BCUT2D eigenvalue weighted by Gasteiger charge is 2.24. The molecule has 156 valence electrons. The predicted molar refractivity (Wildman–Crippen MR) is 115 cm³/mol. The maximum absolute atomic E-state index is 13.7. The van der Waals surface area contributed by atoms with Crippen LogP contribution in [0.3, 0.4) is 0 Å². The molecule has 0 radical (unpaired) electrons. The first-order valence-electron chi connectivity index (χ1n) is 10.5. The number of hydrogen-bond donors (Lipinski definition) is 0. The van der Waals surface area contributed by atoms with Crippen molar-refractivity contribution in [1.29, 1.82) is 0 Å². The second kappa shape index (κ2) is 8.78. The molecule has 2 aromatic carbocycles. The lowest BCUT2D eigenvalue weighted by Crippen LogP contribution is -2.40. The zero-order chi connectivity index (χ0) is 21.1. The van der Waals surface area contributed by atoms with E-state index in [0.717, 1.165) is 24.2 Å². The Hall–Kier alpha value is -3.02. The number of amides is 1. The number of hydrogen-bond acceptors (Lipinski definition) is 3. The van der Waals surface area contributed by atoms with Crippen LogP contribution in [-0.4, -0.2) is 33.4 Å². The summed E-state index contributed by atoms with van der Waals surface area (Å²) in [5.41, 5.74) is 1.31. The van der Waals surface area contributed by atoms with Crippen LogP contribution in [0.4, 0.5) is 4.39 Å². The van der Waals surface area contributed by atoms with Gasteiger partial charge in [-0.3, -0.25) is 14.2 Å². The molecule has 1 aliphatic heterocycles. The third-order valence-corrected chi connectivity index (χ3v) is 6.03. The standard InChI is InChI=1S/C24H26FN3O2/c1-17-26-22-9-5-3-7-20(22)24(30)28(17)16-18-12-14-27(15-13-18)23(29)11-10-19-6-2-4-8-21(19)25/h2-9,18H,10-16H2,1H3. The molecule has 0 aliphatic carbocycles. The van der Waals surface area contributed by atoms with Gasteiger partial charge in [-0.1, -0.05) is 30.3 Å². The summed E-state index contributed by atoms with van der Waals surface area (Å²) >= 11 is 0. The number of aromatic nitrogens is 2. The fourth-order valence-corrected chi connectivity index (χ4v) is 4.22. The highest BCUT2D eigenvalue weighted by Crippen LogP contribution is 2.21. The van der Waals surface area contributed by atoms with Gasteiger partial charge in [0.05, 0.1) is 10.9 Å². The van der Waals surface area contributed by atoms with Crippen molar-refractivity contribution in [3.63, 3.8) is 0 Å². The third kappa shape index (κ3) is 4.27. The number of rotatable bonds is 5. The van der Waals surface area contributed by atoms with Crippen LogP contribution in [0.15, 0.2) is 53.3 Å². The normalized spacial score (nSPS) is 14.9. The maximum atomic E-state index is 13.7. The SMILES string of the molecule is Cc1nc2ccccc2c(=O)n1CC1CCN(C(=O)CCc2ccccc2F)CC1. The highest BCUT2D eigenvalue weighted by atomic mass is 19.1. The first kappa shape index (κ1) is 20.3. The van der Waals surface area contributed by atoms with E-state index >= 15 is 0 Å². The molecule has 30 heavy (non-hydrogen) atoms. The van der Waals surface area contributed by atoms with Crippen LogP contribution < -0.4 is 5.56 Å². The fraction of sp³-hybridized carbons (Fsp3) is 0.375. The van der Waals surface area contributed by atoms with Crippen LogP contribution in [0.2, 0.25) is 0 Å². The van der Waals surface area contributed by atoms with Gasteiger partial charge in [0.2, 0.25) is 5.91 Å². The topological polar surface area (TPSA) is 55.2 Å². The smallest absolute Gasteiger partial charge is 0.261 e. The molecule has 0 N–H and O–H groups in total. The molecule has 1 fully saturated rings. The van der Waals surface area contributed by atoms with Gasteiger partial charge in [0, 0.05) is 26.1 Å². The van der Waals surface area contributed by atoms with Crippen LogP contribution >= 0.6 is 0 Å². The second-order valence-electron chi connectivity index (χ2n) is 8.01. The molecule has 3 aromatic rings. The van der Waals surface area contributed by atoms with Crippen molar-refractivity contribution in [2.45, 2.75) is 39.2 Å². The molecule has 1 saturated heterocycles. The van der Waals surface area contributed by atoms with Gasteiger partial charge >= 0.3 is 0 Å². The molecule has 0 bridgehead atoms. The van der Waals surface area contributed by atoms with Gasteiger partial charge in [-0.25, -0.2) is 9.37 Å². The summed E-state index contributed by atoms with van der Waals surface area (Å²) in [6.45, 7) is 3.85. The van der Waals surface area contributed by atoms with Gasteiger partial charge in [-0.15, -0.1) is 0 Å². The highest BCUT2D eigenvalue weighted by molar-refractivity contribution is 5.77. The fourth-order valence-electron chi connectivity index (χ4n) is 4.22. The van der Waals surface area contributed by atoms with Crippen LogP contribution in [-0.2, 0) is 17.8 Å². The maximum Gasteiger partial charge on any atom is 0.261 e. The average molecular weight is 407 g/mol. The number of para-hydroxylation sites is 1. The van der Waals surface area contributed by atoms with Crippen molar-refractivity contribution in [2.75, 3.05) is 13.1 Å². The third-order valence-electron chi connectivity index (χ3n) is 6.03. The van der Waals surface area contributed by atoms with Crippen molar-refractivity contribution in [3.8, 4) is 0 Å². The molecule has 6 heteroatoms. The van der Waals surface area contributed by atoms with Gasteiger partial charge in [0.25, 0.3) is 5.56 Å². The zero-order valence-electron chi connectivity index (χ0n) is 17.2. The van der Waals surface area contributed by atoms with E-state index in [4.69, 9.17) is 0 Å². The number of aryl methyl sites for hydroxylation is 2. The summed E-state index contributed by atoms with van der Waals surface area (Å²) in [6.07, 6.45) is 2.44. The molecular weight excluding hydrogens is 381 g/mol. The minimum absolute atomic E-state index is 0.00138. The number of likely N-dealkylation sites (tertiary alicyclic amines) is 1. The van der Waals surface area contributed by atoms with Gasteiger partial charge in [-0.05, 0) is 55.9 Å². The number of halogens is 1. The van der Waals surface area contributed by atoms with Crippen LogP contribution in [0.25, 0.3) is 10.9 Å². The van der Waals surface area contributed by atoms with E-state index in [1.807, 2.05) is 36.1 Å². The van der Waals surface area contributed by atoms with Crippen molar-refractivity contribution >= 4 is 16.8 Å². The van der Waals surface area contributed by atoms with Crippen molar-refractivity contribution in [2.24, 2.45) is 5.92 Å². The second-order valence-corrected chi connectivity index (χ2v) is 8.01. The lowest BCUT2D eigenvalue weighted by atomic mass is 9.96. The van der Waals surface area contributed by atoms with E-state index < -0.39 is 0 Å². The van der Waals surface area contributed by atoms with Gasteiger partial charge in [0.15, 0.2) is 0 Å². The number of nitrogens with zero attached hydrogens (tertiary/aromatic N) is 3. The minimum atomic E-state index is -0.256.